The SMILES string of the molecule is NC(O)(O)C(O)=CO.O. The molecule has 8 N–H and O–H groups in total. The van der Waals surface area contributed by atoms with Crippen molar-refractivity contribution in [3.05, 3.63) is 12.0 Å². The van der Waals surface area contributed by atoms with E-state index >= 15 is 0 Å². The molecule has 0 aliphatic carbocycles. The Hall–Kier alpha value is -0.820. The first-order chi connectivity index (χ1) is 3.48. The van der Waals surface area contributed by atoms with Crippen LogP contribution in [0.2, 0.25) is 0 Å². The van der Waals surface area contributed by atoms with E-state index in [0.29, 0.717) is 0 Å². The normalized spacial score (nSPS) is 12.6. The van der Waals surface area contributed by atoms with Crippen LogP contribution in [0.15, 0.2) is 12.0 Å². The molecule has 0 aromatic carbocycles. The van der Waals surface area contributed by atoms with Crippen molar-refractivity contribution >= 4 is 0 Å². The Morgan fingerprint density at radius 2 is 1.78 bits per heavy atom. The molecular weight excluding hydrogens is 130 g/mol. The van der Waals surface area contributed by atoms with Crippen LogP contribution < -0.4 is 5.73 Å². The van der Waals surface area contributed by atoms with Crippen LogP contribution in [0, 0.1) is 0 Å². The van der Waals surface area contributed by atoms with Gasteiger partial charge in [-0.25, -0.2) is 0 Å². The van der Waals surface area contributed by atoms with Crippen LogP contribution in [-0.2, 0) is 0 Å². The molecule has 0 aliphatic rings. The summed E-state index contributed by atoms with van der Waals surface area (Å²) >= 11 is 0. The number of hydrogen-bond acceptors (Lipinski definition) is 5. The third-order valence-corrected chi connectivity index (χ3v) is 0.499. The van der Waals surface area contributed by atoms with Crippen molar-refractivity contribution in [1.82, 2.24) is 0 Å². The molecule has 9 heavy (non-hydrogen) atoms. The molecule has 0 aromatic heterocycles. The molecule has 0 bridgehead atoms. The Labute approximate surface area is 50.8 Å². The van der Waals surface area contributed by atoms with Gasteiger partial charge in [-0.3, -0.25) is 5.73 Å². The number of aliphatic hydroxyl groups excluding tert-OH is 2. The van der Waals surface area contributed by atoms with E-state index in [1.165, 1.54) is 0 Å². The quantitative estimate of drug-likeness (QED) is 0.205. The molecule has 0 amide bonds. The van der Waals surface area contributed by atoms with Crippen LogP contribution in [0.3, 0.4) is 0 Å². The second kappa shape index (κ2) is 3.25. The maximum atomic E-state index is 8.18. The Kier molecular flexibility index (Phi) is 3.99. The van der Waals surface area contributed by atoms with E-state index in [9.17, 15) is 0 Å². The van der Waals surface area contributed by atoms with Gasteiger partial charge in [0.05, 0.1) is 0 Å². The summed E-state index contributed by atoms with van der Waals surface area (Å²) in [7, 11) is 0. The van der Waals surface area contributed by atoms with Crippen molar-refractivity contribution in [1.29, 1.82) is 0 Å². The van der Waals surface area contributed by atoms with Gasteiger partial charge >= 0.3 is 0 Å². The number of nitrogens with two attached hydrogens (primary N) is 1. The average Bonchev–Trinajstić information content (AvgIpc) is 1.62. The molecule has 0 unspecified atom stereocenters. The van der Waals surface area contributed by atoms with Crippen LogP contribution >= 0.6 is 0 Å². The summed E-state index contributed by atoms with van der Waals surface area (Å²) in [6.07, 6.45) is 0.0972. The standard InChI is InChI=1S/C3H7NO4.H2O/c4-3(7,8)2(6)1-5;/h1,5-8H,4H2;1H2. The first kappa shape index (κ1) is 11.0. The zero-order chi connectivity index (χ0) is 6.78. The van der Waals surface area contributed by atoms with E-state index in [-0.39, 0.29) is 11.7 Å². The molecule has 0 spiro atoms. The van der Waals surface area contributed by atoms with Crippen LogP contribution in [-0.4, -0.2) is 31.8 Å². The van der Waals surface area contributed by atoms with E-state index < -0.39 is 11.7 Å². The second-order valence-electron chi connectivity index (χ2n) is 1.24. The second-order valence-corrected chi connectivity index (χ2v) is 1.24. The van der Waals surface area contributed by atoms with Crippen molar-refractivity contribution < 1.29 is 25.9 Å². The maximum Gasteiger partial charge on any atom is 0.284 e. The summed E-state index contributed by atoms with van der Waals surface area (Å²) in [6, 6.07) is 0. The van der Waals surface area contributed by atoms with E-state index in [1.807, 2.05) is 0 Å². The fourth-order valence-corrected chi connectivity index (χ4v) is 0.0950. The molecule has 0 aliphatic heterocycles. The molecule has 0 radical (unpaired) electrons. The highest BCUT2D eigenvalue weighted by atomic mass is 16.5. The lowest BCUT2D eigenvalue weighted by molar-refractivity contribution is -0.148. The molecular formula is C3H9NO5. The van der Waals surface area contributed by atoms with Crippen LogP contribution in [0.1, 0.15) is 0 Å². The lowest BCUT2D eigenvalue weighted by atomic mass is 10.4. The van der Waals surface area contributed by atoms with Gasteiger partial charge in [-0.15, -0.1) is 0 Å². The minimum atomic E-state index is -2.82. The summed E-state index contributed by atoms with van der Waals surface area (Å²) in [5, 5.41) is 32.3. The van der Waals surface area contributed by atoms with Gasteiger partial charge in [-0.1, -0.05) is 0 Å². The van der Waals surface area contributed by atoms with E-state index in [4.69, 9.17) is 20.4 Å². The van der Waals surface area contributed by atoms with Gasteiger partial charge in [0.1, 0.15) is 6.26 Å². The van der Waals surface area contributed by atoms with Crippen LogP contribution in [0.25, 0.3) is 0 Å². The number of rotatable bonds is 1. The van der Waals surface area contributed by atoms with Crippen molar-refractivity contribution in [3.63, 3.8) is 0 Å². The van der Waals surface area contributed by atoms with Gasteiger partial charge in [0, 0.05) is 0 Å². The molecule has 0 aromatic rings. The van der Waals surface area contributed by atoms with Crippen LogP contribution in [0.5, 0.6) is 0 Å². The van der Waals surface area contributed by atoms with E-state index in [0.717, 1.165) is 0 Å². The first-order valence-corrected chi connectivity index (χ1v) is 1.76. The fourth-order valence-electron chi connectivity index (χ4n) is 0.0950. The minimum absolute atomic E-state index is 0. The van der Waals surface area contributed by atoms with Gasteiger partial charge in [0.15, 0.2) is 0 Å². The largest absolute Gasteiger partial charge is 0.512 e. The Morgan fingerprint density at radius 1 is 1.44 bits per heavy atom. The van der Waals surface area contributed by atoms with Gasteiger partial charge < -0.3 is 25.9 Å². The highest BCUT2D eigenvalue weighted by molar-refractivity contribution is 4.93. The molecule has 0 heterocycles. The third-order valence-electron chi connectivity index (χ3n) is 0.499. The Morgan fingerprint density at radius 3 is 1.78 bits per heavy atom. The fraction of sp³-hybridized carbons (Fsp3) is 0.333. The number of aliphatic hydroxyl groups is 4. The molecule has 6 heteroatoms. The van der Waals surface area contributed by atoms with Gasteiger partial charge in [-0.2, -0.15) is 0 Å². The maximum absolute atomic E-state index is 8.18. The van der Waals surface area contributed by atoms with E-state index in [1.54, 1.807) is 0 Å². The zero-order valence-electron chi connectivity index (χ0n) is 4.44. The van der Waals surface area contributed by atoms with Gasteiger partial charge in [0.2, 0.25) is 5.76 Å². The third kappa shape index (κ3) is 3.74. The summed E-state index contributed by atoms with van der Waals surface area (Å²) in [5.41, 5.74) is 4.42. The predicted octanol–water partition coefficient (Wildman–Crippen LogP) is -2.28. The summed E-state index contributed by atoms with van der Waals surface area (Å²) in [6.45, 7) is 0. The van der Waals surface area contributed by atoms with Crippen molar-refractivity contribution in [3.8, 4) is 0 Å². The summed E-state index contributed by atoms with van der Waals surface area (Å²) < 4.78 is 0. The molecule has 0 rings (SSSR count). The zero-order valence-corrected chi connectivity index (χ0v) is 4.44. The molecule has 0 saturated carbocycles. The highest BCUT2D eigenvalue weighted by Gasteiger charge is 2.21. The molecule has 6 nitrogen and oxygen atoms in total. The Bertz CT molecular complexity index is 103. The first-order valence-electron chi connectivity index (χ1n) is 1.76. The molecule has 56 valence electrons. The molecule has 0 atom stereocenters. The lowest BCUT2D eigenvalue weighted by Crippen LogP contribution is -2.41. The monoisotopic (exact) mass is 139 g/mol. The van der Waals surface area contributed by atoms with Crippen LogP contribution in [0.4, 0.5) is 0 Å². The topological polar surface area (TPSA) is 138 Å². The van der Waals surface area contributed by atoms with Crippen molar-refractivity contribution in [2.45, 2.75) is 5.91 Å². The van der Waals surface area contributed by atoms with Crippen molar-refractivity contribution in [2.75, 3.05) is 0 Å². The van der Waals surface area contributed by atoms with Gasteiger partial charge in [0.25, 0.3) is 5.91 Å². The smallest absolute Gasteiger partial charge is 0.284 e. The molecule has 0 fully saturated rings. The van der Waals surface area contributed by atoms with Crippen molar-refractivity contribution in [2.24, 2.45) is 5.73 Å². The lowest BCUT2D eigenvalue weighted by Gasteiger charge is -2.11. The minimum Gasteiger partial charge on any atom is -0.512 e. The predicted molar refractivity (Wildman–Crippen MR) is 28.3 cm³/mol. The summed E-state index contributed by atoms with van der Waals surface area (Å²) in [4.78, 5) is 0. The highest BCUT2D eigenvalue weighted by Crippen LogP contribution is 1.99. The van der Waals surface area contributed by atoms with E-state index in [2.05, 4.69) is 5.73 Å². The van der Waals surface area contributed by atoms with Gasteiger partial charge in [-0.05, 0) is 0 Å². The molecule has 0 saturated heterocycles. The number of hydrogen-bond donors (Lipinski definition) is 5. The Balaban J connectivity index is 0. The summed E-state index contributed by atoms with van der Waals surface area (Å²) in [5.74, 6) is -3.92. The average molecular weight is 139 g/mol.